The molecule has 4 rings (SSSR count). The molecule has 0 radical (unpaired) electrons. The number of hydrogen-bond acceptors (Lipinski definition) is 4. The van der Waals surface area contributed by atoms with Crippen LogP contribution in [0, 0.1) is 5.92 Å². The van der Waals surface area contributed by atoms with Crippen molar-refractivity contribution >= 4 is 11.9 Å². The van der Waals surface area contributed by atoms with E-state index >= 15 is 0 Å². The number of ether oxygens (including phenoxy) is 1. The quantitative estimate of drug-likeness (QED) is 0.533. The minimum atomic E-state index is -0.895. The summed E-state index contributed by atoms with van der Waals surface area (Å²) in [6.07, 6.45) is 5.62. The van der Waals surface area contributed by atoms with E-state index in [0.717, 1.165) is 40.7 Å². The van der Waals surface area contributed by atoms with Crippen molar-refractivity contribution in [1.82, 2.24) is 14.7 Å². The van der Waals surface area contributed by atoms with Crippen LogP contribution in [0.2, 0.25) is 0 Å². The van der Waals surface area contributed by atoms with Crippen LogP contribution in [0.1, 0.15) is 30.9 Å². The zero-order chi connectivity index (χ0) is 23.5. The fourth-order valence-electron chi connectivity index (χ4n) is 4.11. The molecular formula is C26H29N3O4. The van der Waals surface area contributed by atoms with E-state index in [2.05, 4.69) is 11.2 Å². The van der Waals surface area contributed by atoms with E-state index in [9.17, 15) is 14.7 Å². The second-order valence-corrected chi connectivity index (χ2v) is 8.54. The lowest BCUT2D eigenvalue weighted by Crippen LogP contribution is -2.31. The second-order valence-electron chi connectivity index (χ2n) is 8.54. The molecule has 1 amide bonds. The van der Waals surface area contributed by atoms with E-state index in [1.165, 1.54) is 0 Å². The molecule has 1 saturated carbocycles. The first-order chi connectivity index (χ1) is 15.9. The molecule has 0 saturated heterocycles. The van der Waals surface area contributed by atoms with E-state index < -0.39 is 5.97 Å². The highest BCUT2D eigenvalue weighted by atomic mass is 16.5. The normalized spacial score (nSPS) is 13.1. The van der Waals surface area contributed by atoms with Crippen LogP contribution >= 0.6 is 0 Å². The van der Waals surface area contributed by atoms with Gasteiger partial charge in [-0.2, -0.15) is 5.10 Å². The van der Waals surface area contributed by atoms with E-state index in [1.54, 1.807) is 17.9 Å². The minimum absolute atomic E-state index is 0.0887. The molecule has 0 spiro atoms. The van der Waals surface area contributed by atoms with Crippen LogP contribution in [0.5, 0.6) is 5.75 Å². The van der Waals surface area contributed by atoms with Crippen LogP contribution in [0.4, 0.5) is 0 Å². The van der Waals surface area contributed by atoms with Gasteiger partial charge in [0.05, 0.1) is 19.7 Å². The highest BCUT2D eigenvalue weighted by molar-refractivity contribution is 5.82. The molecule has 172 valence electrons. The van der Waals surface area contributed by atoms with Gasteiger partial charge in [0.1, 0.15) is 5.75 Å². The predicted molar refractivity (Wildman–Crippen MR) is 126 cm³/mol. The van der Waals surface area contributed by atoms with Gasteiger partial charge in [-0.05, 0) is 65.8 Å². The molecule has 3 aromatic rings. The standard InChI is InChI=1S/C26H29N3O4/c1-4-29(26(32)18-5-6-18)16-21-12-19(22-14-27-28(2)15-22)7-8-24(21)20-9-17(11-25(30)31)10-23(13-20)33-3/h7-10,12-15,18H,4-6,11,16H2,1-3H3,(H,30,31). The summed E-state index contributed by atoms with van der Waals surface area (Å²) in [5, 5.41) is 13.6. The smallest absolute Gasteiger partial charge is 0.307 e. The number of carbonyl (C=O) groups excluding carboxylic acids is 1. The zero-order valence-electron chi connectivity index (χ0n) is 19.2. The second kappa shape index (κ2) is 9.48. The van der Waals surface area contributed by atoms with Crippen LogP contribution in [0.15, 0.2) is 48.8 Å². The first kappa shape index (κ1) is 22.6. The fraction of sp³-hybridized carbons (Fsp3) is 0.346. The van der Waals surface area contributed by atoms with E-state index in [1.807, 2.05) is 55.5 Å². The maximum atomic E-state index is 12.9. The number of carboxylic acid groups (broad SMARTS) is 1. The van der Waals surface area contributed by atoms with Gasteiger partial charge in [0.25, 0.3) is 0 Å². The summed E-state index contributed by atoms with van der Waals surface area (Å²) in [6.45, 7) is 3.12. The van der Waals surface area contributed by atoms with Gasteiger partial charge >= 0.3 is 5.97 Å². The number of amides is 1. The largest absolute Gasteiger partial charge is 0.497 e. The number of nitrogens with zero attached hydrogens (tertiary/aromatic N) is 3. The van der Waals surface area contributed by atoms with Crippen LogP contribution in [-0.4, -0.2) is 45.3 Å². The molecular weight excluding hydrogens is 418 g/mol. The summed E-state index contributed by atoms with van der Waals surface area (Å²) < 4.78 is 7.21. The van der Waals surface area contributed by atoms with Gasteiger partial charge in [-0.25, -0.2) is 0 Å². The molecule has 1 N–H and O–H groups in total. The molecule has 0 unspecified atom stereocenters. The summed E-state index contributed by atoms with van der Waals surface area (Å²) in [5.41, 5.74) is 5.51. The van der Waals surface area contributed by atoms with Crippen molar-refractivity contribution in [2.75, 3.05) is 13.7 Å². The highest BCUT2D eigenvalue weighted by Crippen LogP contribution is 2.35. The average Bonchev–Trinajstić information content (AvgIpc) is 3.56. The Hall–Kier alpha value is -3.61. The number of carbonyl (C=O) groups is 2. The number of carboxylic acids is 1. The van der Waals surface area contributed by atoms with Gasteiger partial charge < -0.3 is 14.7 Å². The van der Waals surface area contributed by atoms with Gasteiger partial charge in [-0.15, -0.1) is 0 Å². The van der Waals surface area contributed by atoms with Crippen LogP contribution in [0.3, 0.4) is 0 Å². The van der Waals surface area contributed by atoms with E-state index in [0.29, 0.717) is 24.4 Å². The van der Waals surface area contributed by atoms with Crippen molar-refractivity contribution in [3.8, 4) is 28.0 Å². The van der Waals surface area contributed by atoms with Crippen molar-refractivity contribution in [1.29, 1.82) is 0 Å². The number of aliphatic carboxylic acids is 1. The topological polar surface area (TPSA) is 84.7 Å². The molecule has 1 aliphatic carbocycles. The molecule has 1 heterocycles. The van der Waals surface area contributed by atoms with Gasteiger partial charge in [0, 0.05) is 37.8 Å². The van der Waals surface area contributed by atoms with Gasteiger partial charge in [-0.3, -0.25) is 14.3 Å². The number of hydrogen-bond donors (Lipinski definition) is 1. The summed E-state index contributed by atoms with van der Waals surface area (Å²) in [5.74, 6) is 0.0577. The summed E-state index contributed by atoms with van der Waals surface area (Å²) >= 11 is 0. The maximum Gasteiger partial charge on any atom is 0.307 e. The third kappa shape index (κ3) is 5.25. The first-order valence-corrected chi connectivity index (χ1v) is 11.2. The number of aryl methyl sites for hydroxylation is 1. The molecule has 7 heteroatoms. The summed E-state index contributed by atoms with van der Waals surface area (Å²) in [4.78, 5) is 26.1. The molecule has 1 fully saturated rings. The van der Waals surface area contributed by atoms with Crippen molar-refractivity contribution < 1.29 is 19.4 Å². The van der Waals surface area contributed by atoms with Gasteiger partial charge in [0.15, 0.2) is 0 Å². The van der Waals surface area contributed by atoms with Crippen molar-refractivity contribution in [2.24, 2.45) is 13.0 Å². The average molecular weight is 448 g/mol. The Morgan fingerprint density at radius 3 is 2.55 bits per heavy atom. The first-order valence-electron chi connectivity index (χ1n) is 11.2. The predicted octanol–water partition coefficient (Wildman–Crippen LogP) is 4.15. The lowest BCUT2D eigenvalue weighted by molar-refractivity contribution is -0.136. The van der Waals surface area contributed by atoms with Crippen LogP contribution in [0.25, 0.3) is 22.3 Å². The third-order valence-electron chi connectivity index (χ3n) is 5.99. The Bertz CT molecular complexity index is 1180. The van der Waals surface area contributed by atoms with Gasteiger partial charge in [0.2, 0.25) is 5.91 Å². The Labute approximate surface area is 193 Å². The molecule has 33 heavy (non-hydrogen) atoms. The van der Waals surface area contributed by atoms with Crippen LogP contribution in [-0.2, 0) is 29.6 Å². The monoisotopic (exact) mass is 447 g/mol. The number of benzene rings is 2. The Morgan fingerprint density at radius 2 is 1.94 bits per heavy atom. The highest BCUT2D eigenvalue weighted by Gasteiger charge is 2.33. The molecule has 1 aromatic heterocycles. The van der Waals surface area contributed by atoms with Crippen molar-refractivity contribution in [2.45, 2.75) is 32.7 Å². The number of methoxy groups -OCH3 is 1. The third-order valence-corrected chi connectivity index (χ3v) is 5.99. The van der Waals surface area contributed by atoms with Crippen molar-refractivity contribution in [3.63, 3.8) is 0 Å². The maximum absolute atomic E-state index is 12.9. The fourth-order valence-corrected chi connectivity index (χ4v) is 4.11. The summed E-state index contributed by atoms with van der Waals surface area (Å²) in [7, 11) is 3.45. The SMILES string of the molecule is CCN(Cc1cc(-c2cnn(C)c2)ccc1-c1cc(CC(=O)O)cc(OC)c1)C(=O)C1CC1. The lowest BCUT2D eigenvalue weighted by Gasteiger charge is -2.23. The molecule has 0 aliphatic heterocycles. The lowest BCUT2D eigenvalue weighted by atomic mass is 9.93. The van der Waals surface area contributed by atoms with Crippen molar-refractivity contribution in [3.05, 3.63) is 59.9 Å². The minimum Gasteiger partial charge on any atom is -0.497 e. The number of aromatic nitrogens is 2. The molecule has 1 aliphatic rings. The molecule has 0 atom stereocenters. The number of rotatable bonds is 9. The van der Waals surface area contributed by atoms with Crippen LogP contribution < -0.4 is 4.74 Å². The molecule has 0 bridgehead atoms. The van der Waals surface area contributed by atoms with E-state index in [-0.39, 0.29) is 18.2 Å². The molecule has 2 aromatic carbocycles. The Balaban J connectivity index is 1.79. The zero-order valence-corrected chi connectivity index (χ0v) is 19.2. The Kier molecular flexibility index (Phi) is 6.49. The molecule has 7 nitrogen and oxygen atoms in total. The Morgan fingerprint density at radius 1 is 1.15 bits per heavy atom. The van der Waals surface area contributed by atoms with E-state index in [4.69, 9.17) is 4.74 Å². The summed E-state index contributed by atoms with van der Waals surface area (Å²) in [6, 6.07) is 11.7. The van der Waals surface area contributed by atoms with Gasteiger partial charge in [-0.1, -0.05) is 18.2 Å².